The van der Waals surface area contributed by atoms with Crippen LogP contribution in [0.4, 0.5) is 4.39 Å². The first-order valence-corrected chi connectivity index (χ1v) is 7.63. The van der Waals surface area contributed by atoms with E-state index in [1.165, 1.54) is 19.2 Å². The molecule has 1 heterocycles. The predicted molar refractivity (Wildman–Crippen MR) is 71.8 cm³/mol. The molecule has 0 radical (unpaired) electrons. The molecule has 0 fully saturated rings. The maximum absolute atomic E-state index is 13.4. The Morgan fingerprint density at radius 1 is 1.40 bits per heavy atom. The van der Waals surface area contributed by atoms with Crippen LogP contribution in [0.25, 0.3) is 0 Å². The van der Waals surface area contributed by atoms with E-state index in [2.05, 4.69) is 15.0 Å². The first-order chi connectivity index (χ1) is 9.24. The topological polar surface area (TPSA) is 88.2 Å². The van der Waals surface area contributed by atoms with Crippen molar-refractivity contribution in [2.24, 2.45) is 5.92 Å². The standard InChI is InChI=1S/C12H18FN3O3S/c1-8(2)7-15-11(17)9(3)16-20(18,19)12-10(13)5-4-6-14-12/h4-6,8-9,16H,7H2,1-3H3,(H,15,17). The number of carbonyl (C=O) groups is 1. The Bertz CT molecular complexity index is 575. The zero-order valence-electron chi connectivity index (χ0n) is 11.6. The van der Waals surface area contributed by atoms with E-state index in [1.807, 2.05) is 13.8 Å². The Kier molecular flexibility index (Phi) is 5.58. The molecule has 1 aromatic heterocycles. The van der Waals surface area contributed by atoms with Crippen LogP contribution in [-0.4, -0.2) is 31.9 Å². The van der Waals surface area contributed by atoms with Crippen LogP contribution in [0.5, 0.6) is 0 Å². The van der Waals surface area contributed by atoms with E-state index in [0.29, 0.717) is 6.54 Å². The molecule has 1 unspecified atom stereocenters. The number of amides is 1. The summed E-state index contributed by atoms with van der Waals surface area (Å²) in [4.78, 5) is 15.2. The van der Waals surface area contributed by atoms with Crippen molar-refractivity contribution in [3.05, 3.63) is 24.1 Å². The molecule has 0 saturated heterocycles. The average molecular weight is 303 g/mol. The summed E-state index contributed by atoms with van der Waals surface area (Å²) in [5, 5.41) is 1.87. The van der Waals surface area contributed by atoms with Crippen LogP contribution >= 0.6 is 0 Å². The highest BCUT2D eigenvalue weighted by molar-refractivity contribution is 7.89. The second-order valence-electron chi connectivity index (χ2n) is 4.77. The van der Waals surface area contributed by atoms with E-state index >= 15 is 0 Å². The monoisotopic (exact) mass is 303 g/mol. The van der Waals surface area contributed by atoms with Crippen molar-refractivity contribution in [1.29, 1.82) is 0 Å². The Morgan fingerprint density at radius 2 is 2.05 bits per heavy atom. The lowest BCUT2D eigenvalue weighted by Crippen LogP contribution is -2.45. The van der Waals surface area contributed by atoms with E-state index in [1.54, 1.807) is 0 Å². The number of nitrogens with zero attached hydrogens (tertiary/aromatic N) is 1. The van der Waals surface area contributed by atoms with E-state index in [9.17, 15) is 17.6 Å². The zero-order chi connectivity index (χ0) is 15.3. The zero-order valence-corrected chi connectivity index (χ0v) is 12.4. The molecular formula is C12H18FN3O3S. The van der Waals surface area contributed by atoms with E-state index in [4.69, 9.17) is 0 Å². The molecule has 0 saturated carbocycles. The normalized spacial score (nSPS) is 13.2. The van der Waals surface area contributed by atoms with Crippen LogP contribution in [0.3, 0.4) is 0 Å². The number of rotatable bonds is 6. The Hall–Kier alpha value is -1.54. The minimum atomic E-state index is -4.17. The lowest BCUT2D eigenvalue weighted by molar-refractivity contribution is -0.122. The highest BCUT2D eigenvalue weighted by atomic mass is 32.2. The lowest BCUT2D eigenvalue weighted by atomic mass is 10.2. The van der Waals surface area contributed by atoms with E-state index in [0.717, 1.165) is 6.07 Å². The molecule has 0 bridgehead atoms. The maximum Gasteiger partial charge on any atom is 0.261 e. The number of sulfonamides is 1. The van der Waals surface area contributed by atoms with Gasteiger partial charge < -0.3 is 5.32 Å². The first-order valence-electron chi connectivity index (χ1n) is 6.14. The number of hydrogen-bond donors (Lipinski definition) is 2. The van der Waals surface area contributed by atoms with Crippen LogP contribution in [0.1, 0.15) is 20.8 Å². The molecule has 0 aliphatic carbocycles. The third kappa shape index (κ3) is 4.53. The fourth-order valence-corrected chi connectivity index (χ4v) is 2.58. The summed E-state index contributed by atoms with van der Waals surface area (Å²) in [5.74, 6) is -1.19. The van der Waals surface area contributed by atoms with Gasteiger partial charge in [-0.05, 0) is 25.0 Å². The summed E-state index contributed by atoms with van der Waals surface area (Å²) in [5.41, 5.74) is 0. The Balaban J connectivity index is 2.77. The van der Waals surface area contributed by atoms with E-state index < -0.39 is 32.8 Å². The third-order valence-electron chi connectivity index (χ3n) is 2.39. The van der Waals surface area contributed by atoms with Gasteiger partial charge in [-0.25, -0.2) is 17.8 Å². The van der Waals surface area contributed by atoms with Gasteiger partial charge >= 0.3 is 0 Å². The van der Waals surface area contributed by atoms with Gasteiger partial charge in [0.05, 0.1) is 6.04 Å². The summed E-state index contributed by atoms with van der Waals surface area (Å²) in [6, 6.07) is 1.26. The van der Waals surface area contributed by atoms with Gasteiger partial charge in [-0.2, -0.15) is 4.72 Å². The first kappa shape index (κ1) is 16.5. The minimum absolute atomic E-state index is 0.246. The molecule has 0 aliphatic rings. The minimum Gasteiger partial charge on any atom is -0.354 e. The fraction of sp³-hybridized carbons (Fsp3) is 0.500. The van der Waals surface area contributed by atoms with Crippen molar-refractivity contribution in [1.82, 2.24) is 15.0 Å². The second-order valence-corrected chi connectivity index (χ2v) is 6.40. The van der Waals surface area contributed by atoms with Gasteiger partial charge in [-0.15, -0.1) is 0 Å². The maximum atomic E-state index is 13.4. The van der Waals surface area contributed by atoms with Gasteiger partial charge in [-0.3, -0.25) is 4.79 Å². The molecule has 1 rings (SSSR count). The smallest absolute Gasteiger partial charge is 0.261 e. The van der Waals surface area contributed by atoms with Gasteiger partial charge in [-0.1, -0.05) is 13.8 Å². The molecule has 1 aromatic rings. The van der Waals surface area contributed by atoms with Gasteiger partial charge in [0.1, 0.15) is 0 Å². The van der Waals surface area contributed by atoms with Gasteiger partial charge in [0.25, 0.3) is 10.0 Å². The molecule has 0 aliphatic heterocycles. The van der Waals surface area contributed by atoms with Crippen molar-refractivity contribution in [3.8, 4) is 0 Å². The van der Waals surface area contributed by atoms with Crippen LogP contribution in [0.2, 0.25) is 0 Å². The van der Waals surface area contributed by atoms with Gasteiger partial charge in [0.15, 0.2) is 5.82 Å². The molecule has 0 aromatic carbocycles. The summed E-state index contributed by atoms with van der Waals surface area (Å²) in [6.45, 7) is 5.65. The lowest BCUT2D eigenvalue weighted by Gasteiger charge is -2.15. The molecule has 8 heteroatoms. The Morgan fingerprint density at radius 3 is 2.60 bits per heavy atom. The molecule has 1 atom stereocenters. The fourth-order valence-electron chi connectivity index (χ4n) is 1.37. The SMILES string of the molecule is CC(C)CNC(=O)C(C)NS(=O)(=O)c1ncccc1F. The quantitative estimate of drug-likeness (QED) is 0.808. The second kappa shape index (κ2) is 6.76. The number of carbonyl (C=O) groups excluding carboxylic acids is 1. The van der Waals surface area contributed by atoms with Crippen LogP contribution < -0.4 is 10.0 Å². The van der Waals surface area contributed by atoms with Crippen LogP contribution in [-0.2, 0) is 14.8 Å². The van der Waals surface area contributed by atoms with Crippen molar-refractivity contribution < 1.29 is 17.6 Å². The number of hydrogen-bond acceptors (Lipinski definition) is 4. The number of nitrogens with one attached hydrogen (secondary N) is 2. The highest BCUT2D eigenvalue weighted by Crippen LogP contribution is 2.10. The molecule has 6 nitrogen and oxygen atoms in total. The molecule has 112 valence electrons. The number of halogens is 1. The van der Waals surface area contributed by atoms with Crippen molar-refractivity contribution in [3.63, 3.8) is 0 Å². The van der Waals surface area contributed by atoms with Crippen molar-refractivity contribution in [2.45, 2.75) is 31.8 Å². The van der Waals surface area contributed by atoms with Gasteiger partial charge in [0, 0.05) is 12.7 Å². The molecule has 1 amide bonds. The van der Waals surface area contributed by atoms with Crippen LogP contribution in [0, 0.1) is 11.7 Å². The van der Waals surface area contributed by atoms with Crippen LogP contribution in [0.15, 0.2) is 23.4 Å². The number of aromatic nitrogens is 1. The molecule has 2 N–H and O–H groups in total. The van der Waals surface area contributed by atoms with Crippen molar-refractivity contribution >= 4 is 15.9 Å². The Labute approximate surface area is 117 Å². The molecule has 0 spiro atoms. The summed E-state index contributed by atoms with van der Waals surface area (Å²) < 4.78 is 39.3. The van der Waals surface area contributed by atoms with Gasteiger partial charge in [0.2, 0.25) is 10.9 Å². The largest absolute Gasteiger partial charge is 0.354 e. The van der Waals surface area contributed by atoms with Crippen molar-refractivity contribution in [2.75, 3.05) is 6.54 Å². The summed E-state index contributed by atoms with van der Waals surface area (Å²) in [7, 11) is -4.17. The molecular weight excluding hydrogens is 285 g/mol. The number of pyridine rings is 1. The average Bonchev–Trinajstić information content (AvgIpc) is 2.35. The summed E-state index contributed by atoms with van der Waals surface area (Å²) >= 11 is 0. The predicted octanol–water partition coefficient (Wildman–Crippen LogP) is 0.660. The third-order valence-corrected chi connectivity index (χ3v) is 3.86. The summed E-state index contributed by atoms with van der Waals surface area (Å²) in [6.07, 6.45) is 1.17. The van der Waals surface area contributed by atoms with E-state index in [-0.39, 0.29) is 5.92 Å². The highest BCUT2D eigenvalue weighted by Gasteiger charge is 2.25. The molecule has 20 heavy (non-hydrogen) atoms.